The minimum Gasteiger partial charge on any atom is -0.384 e. The lowest BCUT2D eigenvalue weighted by Crippen LogP contribution is -2.14. The zero-order valence-electron chi connectivity index (χ0n) is 10.3. The van der Waals surface area contributed by atoms with Gasteiger partial charge in [-0.2, -0.15) is 0 Å². The van der Waals surface area contributed by atoms with Gasteiger partial charge in [-0.25, -0.2) is 9.37 Å². The summed E-state index contributed by atoms with van der Waals surface area (Å²) < 4.78 is 20.2. The third-order valence-electron chi connectivity index (χ3n) is 2.77. The molecule has 1 atom stereocenters. The maximum atomic E-state index is 13.3. The number of hydrogen-bond donors (Lipinski definition) is 1. The summed E-state index contributed by atoms with van der Waals surface area (Å²) in [6.45, 7) is 3.31. The summed E-state index contributed by atoms with van der Waals surface area (Å²) in [6.07, 6.45) is 0. The average molecular weight is 272 g/mol. The van der Waals surface area contributed by atoms with Crippen molar-refractivity contribution in [3.05, 3.63) is 23.0 Å². The van der Waals surface area contributed by atoms with Crippen molar-refractivity contribution in [2.45, 2.75) is 13.5 Å². The Bertz CT molecular complexity index is 570. The molecule has 0 aliphatic heterocycles. The number of nitrogen functional groups attached to an aromatic ring is 1. The lowest BCUT2D eigenvalue weighted by Gasteiger charge is -2.13. The van der Waals surface area contributed by atoms with Gasteiger partial charge < -0.3 is 15.0 Å². The molecule has 0 amide bonds. The Morgan fingerprint density at radius 1 is 1.56 bits per heavy atom. The van der Waals surface area contributed by atoms with E-state index >= 15 is 0 Å². The molecule has 2 N–H and O–H groups in total. The number of nitrogens with zero attached hydrogens (tertiary/aromatic N) is 2. The van der Waals surface area contributed by atoms with E-state index in [4.69, 9.17) is 22.1 Å². The maximum absolute atomic E-state index is 13.3. The van der Waals surface area contributed by atoms with Crippen molar-refractivity contribution >= 4 is 28.6 Å². The highest BCUT2D eigenvalue weighted by Gasteiger charge is 2.13. The van der Waals surface area contributed by atoms with Gasteiger partial charge in [0.05, 0.1) is 22.7 Å². The molecule has 18 heavy (non-hydrogen) atoms. The van der Waals surface area contributed by atoms with Crippen LogP contribution in [0.15, 0.2) is 12.1 Å². The predicted molar refractivity (Wildman–Crippen MR) is 70.2 cm³/mol. The molecule has 0 aliphatic carbocycles. The summed E-state index contributed by atoms with van der Waals surface area (Å²) >= 11 is 5.78. The second kappa shape index (κ2) is 5.12. The summed E-state index contributed by atoms with van der Waals surface area (Å²) in [5.41, 5.74) is 7.09. The molecule has 1 heterocycles. The number of rotatable bonds is 4. The average Bonchev–Trinajstić information content (AvgIpc) is 2.57. The van der Waals surface area contributed by atoms with E-state index in [9.17, 15) is 4.39 Å². The molecule has 1 aromatic carbocycles. The molecule has 0 saturated heterocycles. The third kappa shape index (κ3) is 2.42. The van der Waals surface area contributed by atoms with Crippen molar-refractivity contribution in [3.63, 3.8) is 0 Å². The van der Waals surface area contributed by atoms with Crippen LogP contribution in [0.4, 0.5) is 10.3 Å². The summed E-state index contributed by atoms with van der Waals surface area (Å²) in [5, 5.41) is 0.0723. The van der Waals surface area contributed by atoms with Crippen LogP contribution in [0.25, 0.3) is 11.0 Å². The minimum absolute atomic E-state index is 0.0723. The smallest absolute Gasteiger partial charge is 0.201 e. The van der Waals surface area contributed by atoms with Crippen LogP contribution >= 0.6 is 11.6 Å². The van der Waals surface area contributed by atoms with Gasteiger partial charge in [0.1, 0.15) is 5.82 Å². The zero-order valence-corrected chi connectivity index (χ0v) is 11.0. The number of methoxy groups -OCH3 is 1. The van der Waals surface area contributed by atoms with E-state index < -0.39 is 5.82 Å². The van der Waals surface area contributed by atoms with Crippen LogP contribution in [0.5, 0.6) is 0 Å². The van der Waals surface area contributed by atoms with Crippen molar-refractivity contribution in [2.24, 2.45) is 5.92 Å². The first-order valence-corrected chi connectivity index (χ1v) is 6.00. The van der Waals surface area contributed by atoms with Crippen molar-refractivity contribution in [1.29, 1.82) is 0 Å². The van der Waals surface area contributed by atoms with Crippen LogP contribution in [-0.4, -0.2) is 23.3 Å². The van der Waals surface area contributed by atoms with E-state index in [0.717, 1.165) is 5.52 Å². The zero-order chi connectivity index (χ0) is 13.3. The third-order valence-corrected chi connectivity index (χ3v) is 3.05. The van der Waals surface area contributed by atoms with Gasteiger partial charge in [-0.05, 0) is 12.0 Å². The Kier molecular flexibility index (Phi) is 3.73. The van der Waals surface area contributed by atoms with Crippen LogP contribution in [0.2, 0.25) is 5.02 Å². The topological polar surface area (TPSA) is 53.1 Å². The van der Waals surface area contributed by atoms with Crippen LogP contribution in [-0.2, 0) is 11.3 Å². The summed E-state index contributed by atoms with van der Waals surface area (Å²) in [7, 11) is 1.65. The molecule has 0 fully saturated rings. The standard InChI is InChI=1S/C12H15ClFN3O/c1-7(6-18-2)5-17-11-3-8(13)9(14)4-10(11)16-12(17)15/h3-4,7H,5-6H2,1-2H3,(H2,15,16). The number of halogens is 2. The number of hydrogen-bond acceptors (Lipinski definition) is 3. The van der Waals surface area contributed by atoms with Crippen molar-refractivity contribution in [3.8, 4) is 0 Å². The number of fused-ring (bicyclic) bond motifs is 1. The molecule has 2 rings (SSSR count). The lowest BCUT2D eigenvalue weighted by molar-refractivity contribution is 0.152. The first kappa shape index (κ1) is 13.1. The van der Waals surface area contributed by atoms with Gasteiger partial charge in [-0.1, -0.05) is 18.5 Å². The van der Waals surface area contributed by atoms with Gasteiger partial charge >= 0.3 is 0 Å². The van der Waals surface area contributed by atoms with Gasteiger partial charge in [0.15, 0.2) is 0 Å². The molecule has 0 saturated carbocycles. The quantitative estimate of drug-likeness (QED) is 0.930. The van der Waals surface area contributed by atoms with Crippen LogP contribution in [0.3, 0.4) is 0 Å². The van der Waals surface area contributed by atoms with Crippen LogP contribution < -0.4 is 5.73 Å². The fourth-order valence-electron chi connectivity index (χ4n) is 1.98. The highest BCUT2D eigenvalue weighted by atomic mass is 35.5. The van der Waals surface area contributed by atoms with Crippen LogP contribution in [0.1, 0.15) is 6.92 Å². The Labute approximate surface area is 109 Å². The van der Waals surface area contributed by atoms with Gasteiger partial charge in [0, 0.05) is 19.7 Å². The van der Waals surface area contributed by atoms with Gasteiger partial charge in [-0.15, -0.1) is 0 Å². The molecule has 0 radical (unpaired) electrons. The number of imidazole rings is 1. The first-order valence-electron chi connectivity index (χ1n) is 5.62. The maximum Gasteiger partial charge on any atom is 0.201 e. The largest absolute Gasteiger partial charge is 0.384 e. The molecule has 0 bridgehead atoms. The van der Waals surface area contributed by atoms with E-state index in [1.165, 1.54) is 6.07 Å². The van der Waals surface area contributed by atoms with E-state index in [1.54, 1.807) is 13.2 Å². The number of benzene rings is 1. The van der Waals surface area contributed by atoms with E-state index in [-0.39, 0.29) is 10.9 Å². The van der Waals surface area contributed by atoms with Crippen molar-refractivity contribution < 1.29 is 9.13 Å². The van der Waals surface area contributed by atoms with Gasteiger partial charge in [0.2, 0.25) is 5.95 Å². The van der Waals surface area contributed by atoms with Gasteiger partial charge in [-0.3, -0.25) is 0 Å². The van der Waals surface area contributed by atoms with E-state index in [1.807, 2.05) is 11.5 Å². The molecule has 0 aliphatic rings. The SMILES string of the molecule is COCC(C)Cn1c(N)nc2cc(F)c(Cl)cc21. The Balaban J connectivity index is 2.43. The Morgan fingerprint density at radius 3 is 2.94 bits per heavy atom. The van der Waals surface area contributed by atoms with E-state index in [2.05, 4.69) is 4.98 Å². The number of anilines is 1. The fraction of sp³-hybridized carbons (Fsp3) is 0.417. The Hall–Kier alpha value is -1.33. The molecule has 4 nitrogen and oxygen atoms in total. The van der Waals surface area contributed by atoms with Crippen molar-refractivity contribution in [1.82, 2.24) is 9.55 Å². The highest BCUT2D eigenvalue weighted by Crippen LogP contribution is 2.25. The van der Waals surface area contributed by atoms with Crippen LogP contribution in [0, 0.1) is 11.7 Å². The van der Waals surface area contributed by atoms with E-state index in [0.29, 0.717) is 24.6 Å². The molecule has 2 aromatic rings. The summed E-state index contributed by atoms with van der Waals surface area (Å²) in [4.78, 5) is 4.13. The normalized spacial score (nSPS) is 13.1. The molecule has 1 aromatic heterocycles. The molecule has 0 spiro atoms. The number of ether oxygens (including phenoxy) is 1. The highest BCUT2D eigenvalue weighted by molar-refractivity contribution is 6.31. The molecular formula is C12H15ClFN3O. The summed E-state index contributed by atoms with van der Waals surface area (Å²) in [6, 6.07) is 2.85. The number of nitrogens with two attached hydrogens (primary N) is 1. The van der Waals surface area contributed by atoms with Gasteiger partial charge in [0.25, 0.3) is 0 Å². The second-order valence-corrected chi connectivity index (χ2v) is 4.80. The molecule has 1 unspecified atom stereocenters. The Morgan fingerprint density at radius 2 is 2.28 bits per heavy atom. The van der Waals surface area contributed by atoms with Crippen molar-refractivity contribution in [2.75, 3.05) is 19.5 Å². The molecular weight excluding hydrogens is 257 g/mol. The predicted octanol–water partition coefficient (Wildman–Crippen LogP) is 2.69. The second-order valence-electron chi connectivity index (χ2n) is 4.40. The fourth-order valence-corrected chi connectivity index (χ4v) is 2.14. The summed E-state index contributed by atoms with van der Waals surface area (Å²) in [5.74, 6) is 0.145. The lowest BCUT2D eigenvalue weighted by atomic mass is 10.2. The monoisotopic (exact) mass is 271 g/mol. The first-order chi connectivity index (χ1) is 8.52. The number of aromatic nitrogens is 2. The minimum atomic E-state index is -0.487. The molecule has 6 heteroatoms. The molecule has 98 valence electrons.